The summed E-state index contributed by atoms with van der Waals surface area (Å²) < 4.78 is 4.68. The fourth-order valence-electron chi connectivity index (χ4n) is 0.852. The molecular weight excluding hydrogens is 198 g/mol. The van der Waals surface area contributed by atoms with Crippen molar-refractivity contribution in [1.82, 2.24) is 5.32 Å². The van der Waals surface area contributed by atoms with E-state index in [9.17, 15) is 4.79 Å². The molecule has 0 bridgehead atoms. The van der Waals surface area contributed by atoms with E-state index in [1.54, 1.807) is 18.8 Å². The van der Waals surface area contributed by atoms with Crippen LogP contribution in [0.2, 0.25) is 0 Å². The molecule has 0 aromatic heterocycles. The molecule has 0 aliphatic rings. The van der Waals surface area contributed by atoms with Crippen LogP contribution in [-0.4, -0.2) is 37.2 Å². The van der Waals surface area contributed by atoms with Crippen LogP contribution in [0, 0.1) is 5.92 Å². The van der Waals surface area contributed by atoms with E-state index in [4.69, 9.17) is 0 Å². The first kappa shape index (κ1) is 13.8. The zero-order valence-electron chi connectivity index (χ0n) is 9.66. The topological polar surface area (TPSA) is 38.3 Å². The highest BCUT2D eigenvalue weighted by Crippen LogP contribution is 2.19. The molecule has 2 unspecified atom stereocenters. The molecular formula is C10H21NO2S. The van der Waals surface area contributed by atoms with E-state index >= 15 is 0 Å². The molecule has 0 aliphatic carbocycles. The molecule has 0 aromatic rings. The summed E-state index contributed by atoms with van der Waals surface area (Å²) in [5.41, 5.74) is 0. The summed E-state index contributed by atoms with van der Waals surface area (Å²) in [7, 11) is 3.20. The lowest BCUT2D eigenvalue weighted by atomic mass is 10.2. The van der Waals surface area contributed by atoms with Gasteiger partial charge in [0, 0.05) is 11.0 Å². The summed E-state index contributed by atoms with van der Waals surface area (Å²) in [6, 6.07) is -0.189. The second kappa shape index (κ2) is 7.12. The number of hydrogen-bond donors (Lipinski definition) is 1. The first-order chi connectivity index (χ1) is 6.52. The van der Waals surface area contributed by atoms with Crippen molar-refractivity contribution < 1.29 is 9.53 Å². The van der Waals surface area contributed by atoms with Crippen LogP contribution in [0.25, 0.3) is 0 Å². The molecule has 0 aliphatic heterocycles. The van der Waals surface area contributed by atoms with Gasteiger partial charge in [-0.15, -0.1) is 0 Å². The lowest BCUT2D eigenvalue weighted by Crippen LogP contribution is -2.37. The molecule has 0 saturated carbocycles. The average Bonchev–Trinajstić information content (AvgIpc) is 2.17. The number of methoxy groups -OCH3 is 1. The molecule has 0 amide bonds. The van der Waals surface area contributed by atoms with Crippen molar-refractivity contribution in [3.8, 4) is 0 Å². The first-order valence-corrected chi connectivity index (χ1v) is 5.94. The Morgan fingerprint density at radius 1 is 1.43 bits per heavy atom. The Morgan fingerprint density at radius 3 is 2.36 bits per heavy atom. The summed E-state index contributed by atoms with van der Waals surface area (Å²) in [6.07, 6.45) is 0. The maximum atomic E-state index is 11.2. The van der Waals surface area contributed by atoms with E-state index in [1.165, 1.54) is 7.11 Å². The molecule has 0 heterocycles. The predicted molar refractivity (Wildman–Crippen MR) is 61.6 cm³/mol. The first-order valence-electron chi connectivity index (χ1n) is 4.89. The maximum Gasteiger partial charge on any atom is 0.323 e. The van der Waals surface area contributed by atoms with Crippen molar-refractivity contribution in [3.05, 3.63) is 0 Å². The van der Waals surface area contributed by atoms with Gasteiger partial charge in [-0.2, -0.15) is 11.8 Å². The zero-order chi connectivity index (χ0) is 11.1. The third kappa shape index (κ3) is 4.86. The van der Waals surface area contributed by atoms with E-state index in [2.05, 4.69) is 30.8 Å². The molecule has 84 valence electrons. The van der Waals surface area contributed by atoms with Gasteiger partial charge in [-0.3, -0.25) is 4.79 Å². The van der Waals surface area contributed by atoms with Crippen LogP contribution in [0.3, 0.4) is 0 Å². The molecule has 0 spiro atoms. The second-order valence-corrected chi connectivity index (χ2v) is 5.06. The second-order valence-electron chi connectivity index (χ2n) is 3.65. The number of nitrogens with one attached hydrogen (secondary N) is 1. The SMILES string of the molecule is CNC(CSC(C)C(C)C)C(=O)OC. The van der Waals surface area contributed by atoms with Gasteiger partial charge in [0.15, 0.2) is 0 Å². The van der Waals surface area contributed by atoms with Gasteiger partial charge in [0.2, 0.25) is 0 Å². The van der Waals surface area contributed by atoms with Crippen LogP contribution < -0.4 is 5.32 Å². The largest absolute Gasteiger partial charge is 0.468 e. The van der Waals surface area contributed by atoms with Crippen molar-refractivity contribution in [2.24, 2.45) is 5.92 Å². The molecule has 0 fully saturated rings. The number of rotatable bonds is 6. The normalized spacial score (nSPS) is 15.3. The Hall–Kier alpha value is -0.220. The number of thioether (sulfide) groups is 1. The fourth-order valence-corrected chi connectivity index (χ4v) is 2.04. The maximum absolute atomic E-state index is 11.2. The molecule has 0 radical (unpaired) electrons. The van der Waals surface area contributed by atoms with E-state index in [1.807, 2.05) is 0 Å². The van der Waals surface area contributed by atoms with Gasteiger partial charge in [-0.25, -0.2) is 0 Å². The smallest absolute Gasteiger partial charge is 0.323 e. The highest BCUT2D eigenvalue weighted by molar-refractivity contribution is 7.99. The third-order valence-corrected chi connectivity index (χ3v) is 3.89. The van der Waals surface area contributed by atoms with Crippen molar-refractivity contribution in [3.63, 3.8) is 0 Å². The lowest BCUT2D eigenvalue weighted by molar-refractivity contribution is -0.142. The zero-order valence-corrected chi connectivity index (χ0v) is 10.5. The van der Waals surface area contributed by atoms with E-state index in [0.717, 1.165) is 5.75 Å². The van der Waals surface area contributed by atoms with Gasteiger partial charge in [0.05, 0.1) is 7.11 Å². The summed E-state index contributed by atoms with van der Waals surface area (Å²) in [5.74, 6) is 1.22. The average molecular weight is 219 g/mol. The van der Waals surface area contributed by atoms with E-state index < -0.39 is 0 Å². The molecule has 0 saturated heterocycles. The minimum Gasteiger partial charge on any atom is -0.468 e. The predicted octanol–water partition coefficient (Wildman–Crippen LogP) is 1.53. The lowest BCUT2D eigenvalue weighted by Gasteiger charge is -2.18. The monoisotopic (exact) mass is 219 g/mol. The summed E-state index contributed by atoms with van der Waals surface area (Å²) in [6.45, 7) is 6.55. The van der Waals surface area contributed by atoms with Gasteiger partial charge in [-0.1, -0.05) is 20.8 Å². The number of ether oxygens (including phenoxy) is 1. The Kier molecular flexibility index (Phi) is 7.01. The van der Waals surface area contributed by atoms with E-state index in [-0.39, 0.29) is 12.0 Å². The number of hydrogen-bond acceptors (Lipinski definition) is 4. The standard InChI is InChI=1S/C10H21NO2S/c1-7(2)8(3)14-6-9(11-4)10(12)13-5/h7-9,11H,6H2,1-5H3. The quantitative estimate of drug-likeness (QED) is 0.688. The molecule has 0 rings (SSSR count). The van der Waals surface area contributed by atoms with Crippen LogP contribution in [0.4, 0.5) is 0 Å². The summed E-state index contributed by atoms with van der Waals surface area (Å²) in [5, 5.41) is 3.52. The Bertz CT molecular complexity index is 174. The van der Waals surface area contributed by atoms with Crippen molar-refractivity contribution >= 4 is 17.7 Å². The van der Waals surface area contributed by atoms with Crippen LogP contribution in [0.15, 0.2) is 0 Å². The Balaban J connectivity index is 3.89. The minimum atomic E-state index is -0.189. The highest BCUT2D eigenvalue weighted by Gasteiger charge is 2.18. The van der Waals surface area contributed by atoms with Crippen LogP contribution in [0.1, 0.15) is 20.8 Å². The number of carbonyl (C=O) groups excluding carboxylic acids is 1. The number of likely N-dealkylation sites (N-methyl/N-ethyl adjacent to an activating group) is 1. The van der Waals surface area contributed by atoms with E-state index in [0.29, 0.717) is 11.2 Å². The molecule has 4 heteroatoms. The van der Waals surface area contributed by atoms with Gasteiger partial charge in [0.25, 0.3) is 0 Å². The molecule has 0 aromatic carbocycles. The van der Waals surface area contributed by atoms with Crippen LogP contribution in [0.5, 0.6) is 0 Å². The van der Waals surface area contributed by atoms with Crippen LogP contribution >= 0.6 is 11.8 Å². The molecule has 14 heavy (non-hydrogen) atoms. The Labute approximate surface area is 91.0 Å². The van der Waals surface area contributed by atoms with Crippen molar-refractivity contribution in [2.75, 3.05) is 19.9 Å². The van der Waals surface area contributed by atoms with Crippen molar-refractivity contribution in [1.29, 1.82) is 0 Å². The van der Waals surface area contributed by atoms with Gasteiger partial charge < -0.3 is 10.1 Å². The van der Waals surface area contributed by atoms with Crippen molar-refractivity contribution in [2.45, 2.75) is 32.1 Å². The van der Waals surface area contributed by atoms with Gasteiger partial charge >= 0.3 is 5.97 Å². The highest BCUT2D eigenvalue weighted by atomic mass is 32.2. The number of esters is 1. The van der Waals surface area contributed by atoms with Crippen LogP contribution in [-0.2, 0) is 9.53 Å². The molecule has 3 nitrogen and oxygen atoms in total. The number of carbonyl (C=O) groups is 1. The third-order valence-electron chi connectivity index (χ3n) is 2.30. The fraction of sp³-hybridized carbons (Fsp3) is 0.900. The summed E-state index contributed by atoms with van der Waals surface area (Å²) in [4.78, 5) is 11.2. The summed E-state index contributed by atoms with van der Waals surface area (Å²) >= 11 is 1.80. The molecule has 1 N–H and O–H groups in total. The van der Waals surface area contributed by atoms with Gasteiger partial charge in [-0.05, 0) is 13.0 Å². The van der Waals surface area contributed by atoms with Gasteiger partial charge in [0.1, 0.15) is 6.04 Å². The Morgan fingerprint density at radius 2 is 2.00 bits per heavy atom. The minimum absolute atomic E-state index is 0.184. The molecule has 2 atom stereocenters.